The van der Waals surface area contributed by atoms with E-state index in [1.807, 2.05) is 0 Å². The third-order valence-electron chi connectivity index (χ3n) is 5.48. The van der Waals surface area contributed by atoms with Crippen molar-refractivity contribution in [3.05, 3.63) is 111 Å². The molecule has 0 saturated heterocycles. The summed E-state index contributed by atoms with van der Waals surface area (Å²) in [6.45, 7) is 0. The van der Waals surface area contributed by atoms with E-state index in [2.05, 4.69) is 187 Å². The van der Waals surface area contributed by atoms with Crippen LogP contribution >= 0.6 is 90.4 Å². The first-order valence-corrected chi connectivity index (χ1v) is 13.5. The summed E-state index contributed by atoms with van der Waals surface area (Å²) in [7, 11) is 0. The molecule has 0 amide bonds. The monoisotopic (exact) mass is 830 g/mol. The van der Waals surface area contributed by atoms with Crippen molar-refractivity contribution in [1.29, 1.82) is 0 Å². The van der Waals surface area contributed by atoms with E-state index >= 15 is 0 Å². The third kappa shape index (κ3) is 5.17. The van der Waals surface area contributed by atoms with Crippen molar-refractivity contribution >= 4 is 118 Å². The maximum atomic E-state index is 2.39. The zero-order chi connectivity index (χ0) is 20.4. The van der Waals surface area contributed by atoms with E-state index in [1.54, 1.807) is 0 Å². The Labute approximate surface area is 245 Å². The Bertz CT molecular complexity index is 922. The van der Waals surface area contributed by atoms with E-state index in [9.17, 15) is 0 Å². The molecule has 6 heteroatoms. The molecule has 0 fully saturated rings. The van der Waals surface area contributed by atoms with Gasteiger partial charge in [0.2, 0.25) is 0 Å². The second-order valence-electron chi connectivity index (χ2n) is 7.07. The van der Waals surface area contributed by atoms with Gasteiger partial charge in [0.25, 0.3) is 0 Å². The number of halogens is 4. The number of benzene rings is 4. The van der Waals surface area contributed by atoms with Crippen molar-refractivity contribution in [3.8, 4) is 0 Å². The zero-order valence-electron chi connectivity index (χ0n) is 16.3. The van der Waals surface area contributed by atoms with Crippen LogP contribution in [0.2, 0.25) is 0 Å². The fraction of sp³-hybridized carbons (Fsp3) is 0. The molecule has 0 N–H and O–H groups in total. The molecule has 0 aliphatic carbocycles. The molecule has 0 nitrogen and oxygen atoms in total. The Morgan fingerprint density at radius 3 is 0.667 bits per heavy atom. The summed E-state index contributed by atoms with van der Waals surface area (Å²) in [5.74, 6) is 0. The van der Waals surface area contributed by atoms with Gasteiger partial charge in [-0.1, -0.05) is 97.1 Å². The van der Waals surface area contributed by atoms with Crippen LogP contribution in [0.5, 0.6) is 0 Å². The molecule has 0 aliphatic rings. The van der Waals surface area contributed by atoms with Crippen molar-refractivity contribution in [2.24, 2.45) is 0 Å². The van der Waals surface area contributed by atoms with Gasteiger partial charge in [0.05, 0.1) is 0 Å². The van der Waals surface area contributed by atoms with Gasteiger partial charge in [-0.3, -0.25) is 0 Å². The minimum atomic E-state index is -1.29. The summed E-state index contributed by atoms with van der Waals surface area (Å²) >= 11 is 9.54. The fourth-order valence-corrected chi connectivity index (χ4v) is 5.60. The topological polar surface area (TPSA) is 0 Å². The molecule has 0 saturated carbocycles. The van der Waals surface area contributed by atoms with Crippen molar-refractivity contribution in [3.63, 3.8) is 0 Å². The third-order valence-corrected chi connectivity index (χ3v) is 8.36. The number of hydrogen-bond donors (Lipinski definition) is 0. The van der Waals surface area contributed by atoms with Crippen LogP contribution in [-0.2, 0) is 0 Å². The molecule has 0 radical (unpaired) electrons. The molecule has 144 valence electrons. The molecular formula is C24H16BI4Li. The Hall–Kier alpha value is 0.462. The Balaban J connectivity index is 0.00000256. The minimum absolute atomic E-state index is 0. The van der Waals surface area contributed by atoms with Gasteiger partial charge in [-0.2, -0.15) is 21.9 Å². The molecule has 0 heterocycles. The molecule has 0 spiro atoms. The molecule has 0 atom stereocenters. The van der Waals surface area contributed by atoms with Crippen LogP contribution in [0.15, 0.2) is 97.1 Å². The van der Waals surface area contributed by atoms with E-state index in [0.717, 1.165) is 0 Å². The van der Waals surface area contributed by atoms with E-state index < -0.39 is 6.15 Å². The quantitative estimate of drug-likeness (QED) is 0.220. The van der Waals surface area contributed by atoms with Crippen molar-refractivity contribution in [1.82, 2.24) is 0 Å². The predicted molar refractivity (Wildman–Crippen MR) is 161 cm³/mol. The molecule has 30 heavy (non-hydrogen) atoms. The normalized spacial score (nSPS) is 11.1. The second-order valence-corrected chi connectivity index (χ2v) is 12.1. The summed E-state index contributed by atoms with van der Waals surface area (Å²) in [5.41, 5.74) is 5.37. The summed E-state index contributed by atoms with van der Waals surface area (Å²) in [5, 5.41) is 0. The van der Waals surface area contributed by atoms with Crippen LogP contribution in [0.25, 0.3) is 0 Å². The van der Waals surface area contributed by atoms with Gasteiger partial charge in [-0.25, -0.2) is 0 Å². The van der Waals surface area contributed by atoms with Gasteiger partial charge in [-0.15, -0.1) is 0 Å². The second kappa shape index (κ2) is 11.1. The van der Waals surface area contributed by atoms with Gasteiger partial charge >= 0.3 is 18.9 Å². The molecule has 0 unspecified atom stereocenters. The SMILES string of the molecule is Ic1ccc([B-](c2ccc(I)cc2)(c2ccc(I)cc2)c2ccc(I)cc2)cc1.[Li+]. The van der Waals surface area contributed by atoms with Crippen LogP contribution in [0.1, 0.15) is 0 Å². The van der Waals surface area contributed by atoms with Gasteiger partial charge < -0.3 is 0 Å². The van der Waals surface area contributed by atoms with Crippen LogP contribution in [0.3, 0.4) is 0 Å². The average Bonchev–Trinajstić information content (AvgIpc) is 2.73. The molecule has 0 bridgehead atoms. The van der Waals surface area contributed by atoms with E-state index in [4.69, 9.17) is 0 Å². The molecule has 0 aliphatic heterocycles. The summed E-state index contributed by atoms with van der Waals surface area (Å²) in [4.78, 5) is 0. The Kier molecular flexibility index (Phi) is 9.25. The zero-order valence-corrected chi connectivity index (χ0v) is 25.0. The smallest absolute Gasteiger partial charge is 0.195 e. The van der Waals surface area contributed by atoms with Crippen molar-refractivity contribution in [2.45, 2.75) is 0 Å². The maximum Gasteiger partial charge on any atom is 1.00 e. The number of hydrogen-bond acceptors (Lipinski definition) is 0. The predicted octanol–water partition coefficient (Wildman–Crippen LogP) is 2.49. The van der Waals surface area contributed by atoms with Crippen LogP contribution < -0.4 is 40.7 Å². The first-order valence-electron chi connectivity index (χ1n) is 9.20. The van der Waals surface area contributed by atoms with Gasteiger partial charge in [0, 0.05) is 14.3 Å². The average molecular weight is 830 g/mol. The van der Waals surface area contributed by atoms with Crippen LogP contribution in [0, 0.1) is 14.3 Å². The minimum Gasteiger partial charge on any atom is -0.195 e. The van der Waals surface area contributed by atoms with E-state index in [1.165, 1.54) is 36.1 Å². The maximum absolute atomic E-state index is 2.39. The van der Waals surface area contributed by atoms with E-state index in [0.29, 0.717) is 0 Å². The molecule has 4 aromatic rings. The van der Waals surface area contributed by atoms with Crippen molar-refractivity contribution in [2.75, 3.05) is 0 Å². The van der Waals surface area contributed by atoms with Crippen LogP contribution in [0.4, 0.5) is 0 Å². The van der Waals surface area contributed by atoms with Crippen LogP contribution in [-0.4, -0.2) is 6.15 Å². The summed E-state index contributed by atoms with van der Waals surface area (Å²) in [6, 6.07) is 36.2. The van der Waals surface area contributed by atoms with Gasteiger partial charge in [-0.05, 0) is 90.4 Å². The standard InChI is InChI=1S/C24H16BI4.Li/c26-21-9-1-17(2-10-21)25(18-3-11-22(27)12-4-18,19-5-13-23(28)14-6-19)20-7-15-24(29)16-8-20;/h1-16H;/q-1;+1. The first kappa shape index (κ1) is 25.1. The van der Waals surface area contributed by atoms with Gasteiger partial charge in [0.15, 0.2) is 0 Å². The largest absolute Gasteiger partial charge is 1.00 e. The van der Waals surface area contributed by atoms with E-state index in [-0.39, 0.29) is 18.9 Å². The Morgan fingerprint density at radius 1 is 0.333 bits per heavy atom. The molecule has 4 rings (SSSR count). The molecular weight excluding hydrogens is 814 g/mol. The van der Waals surface area contributed by atoms with Crippen molar-refractivity contribution < 1.29 is 18.9 Å². The molecule has 0 aromatic heterocycles. The molecule has 4 aromatic carbocycles. The number of rotatable bonds is 4. The van der Waals surface area contributed by atoms with Gasteiger partial charge in [0.1, 0.15) is 6.15 Å². The first-order chi connectivity index (χ1) is 14.0. The summed E-state index contributed by atoms with van der Waals surface area (Å²) in [6.07, 6.45) is -1.29. The fourth-order valence-electron chi connectivity index (χ4n) is 4.16. The summed E-state index contributed by atoms with van der Waals surface area (Å²) < 4.78 is 5.01. The Morgan fingerprint density at radius 2 is 0.500 bits per heavy atom.